The maximum atomic E-state index is 5.89. The molecule has 0 saturated heterocycles. The van der Waals surface area contributed by atoms with E-state index in [1.54, 1.807) is 0 Å². The van der Waals surface area contributed by atoms with E-state index in [1.165, 1.54) is 43.4 Å². The van der Waals surface area contributed by atoms with Crippen molar-refractivity contribution in [1.82, 2.24) is 4.90 Å². The highest BCUT2D eigenvalue weighted by atomic mass is 15.2. The molecule has 2 aliphatic carbocycles. The van der Waals surface area contributed by atoms with Gasteiger partial charge in [0.25, 0.3) is 0 Å². The molecule has 2 N–H and O–H groups in total. The average Bonchev–Trinajstić information content (AvgIpc) is 3.06. The summed E-state index contributed by atoms with van der Waals surface area (Å²) < 4.78 is 0. The van der Waals surface area contributed by atoms with Crippen molar-refractivity contribution >= 4 is 5.69 Å². The van der Waals surface area contributed by atoms with E-state index in [-0.39, 0.29) is 0 Å². The summed E-state index contributed by atoms with van der Waals surface area (Å²) in [5.41, 5.74) is 9.80. The molecule has 0 aromatic heterocycles. The molecule has 1 unspecified atom stereocenters. The molecular weight excluding hydrogens is 220 g/mol. The van der Waals surface area contributed by atoms with E-state index in [1.807, 2.05) is 0 Å². The SMILES string of the molecule is CC(C)N(CC1CC1)C1CCc2cc(N)ccc21. The Labute approximate surface area is 110 Å². The Kier molecular flexibility index (Phi) is 3.06. The average molecular weight is 244 g/mol. The van der Waals surface area contributed by atoms with Crippen LogP contribution >= 0.6 is 0 Å². The zero-order valence-corrected chi connectivity index (χ0v) is 11.5. The van der Waals surface area contributed by atoms with Crippen LogP contribution in [0.4, 0.5) is 5.69 Å². The Morgan fingerprint density at radius 3 is 2.72 bits per heavy atom. The molecule has 1 saturated carbocycles. The number of hydrogen-bond acceptors (Lipinski definition) is 2. The first-order valence-electron chi connectivity index (χ1n) is 7.29. The van der Waals surface area contributed by atoms with Crippen molar-refractivity contribution in [2.45, 2.75) is 51.6 Å². The van der Waals surface area contributed by atoms with Crippen molar-refractivity contribution in [2.75, 3.05) is 12.3 Å². The number of benzene rings is 1. The fourth-order valence-electron chi connectivity index (χ4n) is 3.26. The van der Waals surface area contributed by atoms with Gasteiger partial charge in [0.2, 0.25) is 0 Å². The lowest BCUT2D eigenvalue weighted by Crippen LogP contribution is -2.35. The molecule has 0 heterocycles. The van der Waals surface area contributed by atoms with Gasteiger partial charge in [-0.1, -0.05) is 6.07 Å². The van der Waals surface area contributed by atoms with E-state index in [4.69, 9.17) is 5.73 Å². The molecule has 1 aromatic rings. The minimum absolute atomic E-state index is 0.626. The van der Waals surface area contributed by atoms with E-state index in [2.05, 4.69) is 36.9 Å². The minimum Gasteiger partial charge on any atom is -0.399 e. The van der Waals surface area contributed by atoms with Crippen molar-refractivity contribution in [3.63, 3.8) is 0 Å². The molecule has 98 valence electrons. The largest absolute Gasteiger partial charge is 0.399 e. The summed E-state index contributed by atoms with van der Waals surface area (Å²) in [5.74, 6) is 0.963. The van der Waals surface area contributed by atoms with Crippen LogP contribution in [0.5, 0.6) is 0 Å². The minimum atomic E-state index is 0.626. The van der Waals surface area contributed by atoms with Crippen LogP contribution in [0.25, 0.3) is 0 Å². The topological polar surface area (TPSA) is 29.3 Å². The molecule has 3 rings (SSSR count). The summed E-state index contributed by atoms with van der Waals surface area (Å²) in [4.78, 5) is 2.71. The number of fused-ring (bicyclic) bond motifs is 1. The monoisotopic (exact) mass is 244 g/mol. The van der Waals surface area contributed by atoms with Crippen molar-refractivity contribution < 1.29 is 0 Å². The Morgan fingerprint density at radius 1 is 1.28 bits per heavy atom. The number of nitrogen functional groups attached to an aromatic ring is 1. The van der Waals surface area contributed by atoms with E-state index in [9.17, 15) is 0 Å². The highest BCUT2D eigenvalue weighted by molar-refractivity contribution is 5.47. The molecule has 0 amide bonds. The molecule has 2 aliphatic rings. The predicted molar refractivity (Wildman–Crippen MR) is 76.5 cm³/mol. The second-order valence-corrected chi connectivity index (χ2v) is 6.25. The van der Waals surface area contributed by atoms with Gasteiger partial charge in [0.15, 0.2) is 0 Å². The van der Waals surface area contributed by atoms with Crippen molar-refractivity contribution in [1.29, 1.82) is 0 Å². The van der Waals surface area contributed by atoms with Crippen molar-refractivity contribution in [3.05, 3.63) is 29.3 Å². The van der Waals surface area contributed by atoms with Gasteiger partial charge in [0.1, 0.15) is 0 Å². The van der Waals surface area contributed by atoms with Crippen LogP contribution in [0, 0.1) is 5.92 Å². The standard InChI is InChI=1S/C16H24N2/c1-11(2)18(10-12-3-4-12)16-8-5-13-9-14(17)6-7-15(13)16/h6-7,9,11-12,16H,3-5,8,10,17H2,1-2H3. The molecule has 0 radical (unpaired) electrons. The van der Waals surface area contributed by atoms with Gasteiger partial charge in [-0.3, -0.25) is 4.90 Å². The van der Waals surface area contributed by atoms with Gasteiger partial charge in [0, 0.05) is 24.3 Å². The van der Waals surface area contributed by atoms with E-state index in [0.29, 0.717) is 12.1 Å². The molecule has 0 bridgehead atoms. The highest BCUT2D eigenvalue weighted by Gasteiger charge is 2.33. The molecule has 2 nitrogen and oxygen atoms in total. The van der Waals surface area contributed by atoms with Gasteiger partial charge < -0.3 is 5.73 Å². The maximum Gasteiger partial charge on any atom is 0.0356 e. The van der Waals surface area contributed by atoms with Gasteiger partial charge >= 0.3 is 0 Å². The van der Waals surface area contributed by atoms with Gasteiger partial charge in [-0.2, -0.15) is 0 Å². The first kappa shape index (κ1) is 12.0. The fourth-order valence-corrected chi connectivity index (χ4v) is 3.26. The predicted octanol–water partition coefficient (Wildman–Crippen LogP) is 3.38. The van der Waals surface area contributed by atoms with E-state index < -0.39 is 0 Å². The normalized spacial score (nSPS) is 22.8. The summed E-state index contributed by atoms with van der Waals surface area (Å²) in [5, 5.41) is 0. The second kappa shape index (κ2) is 4.58. The van der Waals surface area contributed by atoms with Crippen LogP contribution in [0.2, 0.25) is 0 Å². The number of rotatable bonds is 4. The zero-order chi connectivity index (χ0) is 12.7. The van der Waals surface area contributed by atoms with Crippen LogP contribution in [0.3, 0.4) is 0 Å². The summed E-state index contributed by atoms with van der Waals surface area (Å²) in [6, 6.07) is 7.75. The van der Waals surface area contributed by atoms with Gasteiger partial charge in [-0.15, -0.1) is 0 Å². The molecule has 1 aromatic carbocycles. The van der Waals surface area contributed by atoms with E-state index in [0.717, 1.165) is 11.6 Å². The Morgan fingerprint density at radius 2 is 2.06 bits per heavy atom. The van der Waals surface area contributed by atoms with Crippen molar-refractivity contribution in [2.24, 2.45) is 5.92 Å². The fraction of sp³-hybridized carbons (Fsp3) is 0.625. The number of nitrogens with zero attached hydrogens (tertiary/aromatic N) is 1. The molecule has 1 atom stereocenters. The third-order valence-electron chi connectivity index (χ3n) is 4.44. The van der Waals surface area contributed by atoms with Crippen LogP contribution < -0.4 is 5.73 Å². The summed E-state index contributed by atoms with van der Waals surface area (Å²) in [6.07, 6.45) is 5.33. The number of aryl methyl sites for hydroxylation is 1. The third kappa shape index (κ3) is 2.26. The molecular formula is C16H24N2. The van der Waals surface area contributed by atoms with E-state index >= 15 is 0 Å². The molecule has 1 fully saturated rings. The second-order valence-electron chi connectivity index (χ2n) is 6.25. The van der Waals surface area contributed by atoms with Crippen LogP contribution in [-0.4, -0.2) is 17.5 Å². The quantitative estimate of drug-likeness (QED) is 0.823. The van der Waals surface area contributed by atoms with Crippen molar-refractivity contribution in [3.8, 4) is 0 Å². The van der Waals surface area contributed by atoms with Crippen LogP contribution in [0.1, 0.15) is 50.3 Å². The lowest BCUT2D eigenvalue weighted by Gasteiger charge is -2.33. The molecule has 0 aliphatic heterocycles. The summed E-state index contributed by atoms with van der Waals surface area (Å²) in [7, 11) is 0. The molecule has 2 heteroatoms. The summed E-state index contributed by atoms with van der Waals surface area (Å²) >= 11 is 0. The first-order valence-corrected chi connectivity index (χ1v) is 7.29. The molecule has 18 heavy (non-hydrogen) atoms. The Balaban J connectivity index is 1.84. The number of nitrogens with two attached hydrogens (primary N) is 1. The highest BCUT2D eigenvalue weighted by Crippen LogP contribution is 2.40. The Hall–Kier alpha value is -1.02. The Bertz CT molecular complexity index is 435. The first-order chi connectivity index (χ1) is 8.65. The van der Waals surface area contributed by atoms with Gasteiger partial charge in [0.05, 0.1) is 0 Å². The molecule has 0 spiro atoms. The smallest absolute Gasteiger partial charge is 0.0356 e. The third-order valence-corrected chi connectivity index (χ3v) is 4.44. The van der Waals surface area contributed by atoms with Crippen LogP contribution in [-0.2, 0) is 6.42 Å². The van der Waals surface area contributed by atoms with Gasteiger partial charge in [-0.05, 0) is 68.7 Å². The lowest BCUT2D eigenvalue weighted by molar-refractivity contribution is 0.145. The van der Waals surface area contributed by atoms with Gasteiger partial charge in [-0.25, -0.2) is 0 Å². The maximum absolute atomic E-state index is 5.89. The summed E-state index contributed by atoms with van der Waals surface area (Å²) in [6.45, 7) is 5.95. The number of hydrogen-bond donors (Lipinski definition) is 1. The zero-order valence-electron chi connectivity index (χ0n) is 11.5. The lowest BCUT2D eigenvalue weighted by atomic mass is 10.0. The van der Waals surface area contributed by atoms with Crippen LogP contribution in [0.15, 0.2) is 18.2 Å². The number of anilines is 1.